The maximum Gasteiger partial charge on any atom is 0.308 e. The van der Waals surface area contributed by atoms with Crippen molar-refractivity contribution in [3.8, 4) is 11.5 Å². The Morgan fingerprint density at radius 1 is 1.44 bits per heavy atom. The van der Waals surface area contributed by atoms with Crippen molar-refractivity contribution < 1.29 is 14.6 Å². The Kier molecular flexibility index (Phi) is 4.35. The summed E-state index contributed by atoms with van der Waals surface area (Å²) >= 11 is 0. The van der Waals surface area contributed by atoms with Gasteiger partial charge in [-0.2, -0.15) is 0 Å². The summed E-state index contributed by atoms with van der Waals surface area (Å²) in [5.41, 5.74) is 1.61. The van der Waals surface area contributed by atoms with E-state index in [0.717, 1.165) is 30.4 Å². The number of ether oxygens (including phenoxy) is 1. The molecule has 0 aromatic heterocycles. The van der Waals surface area contributed by atoms with Crippen molar-refractivity contribution in [2.75, 3.05) is 0 Å². The highest BCUT2D eigenvalue weighted by Crippen LogP contribution is 2.34. The van der Waals surface area contributed by atoms with Crippen LogP contribution in [0.3, 0.4) is 0 Å². The van der Waals surface area contributed by atoms with Crippen LogP contribution in [0.5, 0.6) is 11.5 Å². The molecular formula is C13H18O3. The Labute approximate surface area is 96.1 Å². The molecule has 0 saturated carbocycles. The Bertz CT molecular complexity index is 383. The molecule has 88 valence electrons. The number of phenols is 1. The van der Waals surface area contributed by atoms with E-state index >= 15 is 0 Å². The van der Waals surface area contributed by atoms with E-state index < -0.39 is 5.97 Å². The third-order valence-corrected chi connectivity index (χ3v) is 2.46. The minimum atomic E-state index is -0.404. The third kappa shape index (κ3) is 2.99. The van der Waals surface area contributed by atoms with Gasteiger partial charge in [0.2, 0.25) is 0 Å². The summed E-state index contributed by atoms with van der Waals surface area (Å²) in [5, 5.41) is 9.85. The van der Waals surface area contributed by atoms with E-state index in [9.17, 15) is 9.90 Å². The summed E-state index contributed by atoms with van der Waals surface area (Å²) in [7, 11) is 0. The molecule has 0 spiro atoms. The lowest BCUT2D eigenvalue weighted by Gasteiger charge is -2.12. The molecular weight excluding hydrogens is 204 g/mol. The van der Waals surface area contributed by atoms with E-state index in [-0.39, 0.29) is 5.75 Å². The Morgan fingerprint density at radius 3 is 2.69 bits per heavy atom. The second kappa shape index (κ2) is 5.54. The first-order chi connectivity index (χ1) is 7.56. The van der Waals surface area contributed by atoms with Gasteiger partial charge in [-0.3, -0.25) is 4.79 Å². The molecule has 0 unspecified atom stereocenters. The maximum atomic E-state index is 11.0. The van der Waals surface area contributed by atoms with Crippen molar-refractivity contribution in [1.82, 2.24) is 0 Å². The minimum absolute atomic E-state index is 0.0730. The lowest BCUT2D eigenvalue weighted by Crippen LogP contribution is -2.05. The zero-order valence-electron chi connectivity index (χ0n) is 10.0. The molecule has 0 amide bonds. The van der Waals surface area contributed by atoms with Crippen molar-refractivity contribution >= 4 is 5.97 Å². The second-order valence-corrected chi connectivity index (χ2v) is 3.92. The van der Waals surface area contributed by atoms with Crippen LogP contribution in [0.1, 0.15) is 37.8 Å². The Balaban J connectivity index is 3.05. The lowest BCUT2D eigenvalue weighted by atomic mass is 10.0. The zero-order valence-corrected chi connectivity index (χ0v) is 10.0. The van der Waals surface area contributed by atoms with Crippen molar-refractivity contribution in [3.05, 3.63) is 23.3 Å². The van der Waals surface area contributed by atoms with Crippen LogP contribution in [0.25, 0.3) is 0 Å². The highest BCUT2D eigenvalue weighted by Gasteiger charge is 2.13. The summed E-state index contributed by atoms with van der Waals surface area (Å²) in [6.45, 7) is 5.22. The number of carbonyl (C=O) groups excluding carboxylic acids is 1. The molecule has 0 radical (unpaired) electrons. The maximum absolute atomic E-state index is 11.0. The van der Waals surface area contributed by atoms with Gasteiger partial charge in [-0.1, -0.05) is 25.5 Å². The van der Waals surface area contributed by atoms with Crippen LogP contribution in [0.4, 0.5) is 0 Å². The smallest absolute Gasteiger partial charge is 0.308 e. The molecule has 0 aliphatic carbocycles. The molecule has 1 N–H and O–H groups in total. The number of esters is 1. The van der Waals surface area contributed by atoms with E-state index in [0.29, 0.717) is 5.75 Å². The summed E-state index contributed by atoms with van der Waals surface area (Å²) in [6.07, 6.45) is 2.89. The topological polar surface area (TPSA) is 46.5 Å². The lowest BCUT2D eigenvalue weighted by molar-refractivity contribution is -0.132. The van der Waals surface area contributed by atoms with Gasteiger partial charge in [0.1, 0.15) is 0 Å². The highest BCUT2D eigenvalue weighted by atomic mass is 16.5. The first-order valence-electron chi connectivity index (χ1n) is 5.56. The van der Waals surface area contributed by atoms with Crippen LogP contribution in [-0.2, 0) is 11.2 Å². The normalized spacial score (nSPS) is 10.2. The number of hydrogen-bond acceptors (Lipinski definition) is 3. The second-order valence-electron chi connectivity index (χ2n) is 3.92. The summed E-state index contributed by atoms with van der Waals surface area (Å²) in [4.78, 5) is 11.0. The molecule has 3 nitrogen and oxygen atoms in total. The fourth-order valence-corrected chi connectivity index (χ4v) is 1.53. The Hall–Kier alpha value is -1.51. The summed E-state index contributed by atoms with van der Waals surface area (Å²) in [5.74, 6) is -0.0107. The number of phenolic OH excluding ortho intramolecular Hbond substituents is 1. The number of aryl methyl sites for hydroxylation is 2. The van der Waals surface area contributed by atoms with Gasteiger partial charge in [-0.15, -0.1) is 0 Å². The van der Waals surface area contributed by atoms with E-state index in [4.69, 9.17) is 4.74 Å². The predicted octanol–water partition coefficient (Wildman–Crippen LogP) is 2.97. The fourth-order valence-electron chi connectivity index (χ4n) is 1.53. The standard InChI is InChI=1S/C13H18O3/c1-4-5-6-11-8-7-9(2)12(15)13(11)16-10(3)14/h7-8,15H,4-6H2,1-3H3. The molecule has 1 rings (SSSR count). The van der Waals surface area contributed by atoms with Crippen LogP contribution < -0.4 is 4.74 Å². The molecule has 0 bridgehead atoms. The number of unbranched alkanes of at least 4 members (excludes halogenated alkanes) is 1. The molecule has 1 aromatic rings. The van der Waals surface area contributed by atoms with Crippen molar-refractivity contribution in [1.29, 1.82) is 0 Å². The minimum Gasteiger partial charge on any atom is -0.504 e. The van der Waals surface area contributed by atoms with E-state index in [1.165, 1.54) is 6.92 Å². The molecule has 3 heteroatoms. The fraction of sp³-hybridized carbons (Fsp3) is 0.462. The highest BCUT2D eigenvalue weighted by molar-refractivity contribution is 5.71. The molecule has 0 aliphatic rings. The monoisotopic (exact) mass is 222 g/mol. The average molecular weight is 222 g/mol. The first-order valence-corrected chi connectivity index (χ1v) is 5.56. The molecule has 16 heavy (non-hydrogen) atoms. The zero-order chi connectivity index (χ0) is 12.1. The van der Waals surface area contributed by atoms with Gasteiger partial charge in [0.15, 0.2) is 11.5 Å². The molecule has 0 heterocycles. The molecule has 0 atom stereocenters. The van der Waals surface area contributed by atoms with Gasteiger partial charge in [-0.05, 0) is 30.9 Å². The number of benzene rings is 1. The van der Waals surface area contributed by atoms with Crippen molar-refractivity contribution in [2.45, 2.75) is 40.0 Å². The van der Waals surface area contributed by atoms with Gasteiger partial charge in [0.05, 0.1) is 0 Å². The largest absolute Gasteiger partial charge is 0.504 e. The van der Waals surface area contributed by atoms with E-state index in [2.05, 4.69) is 6.92 Å². The van der Waals surface area contributed by atoms with E-state index in [1.54, 1.807) is 6.92 Å². The van der Waals surface area contributed by atoms with Gasteiger partial charge < -0.3 is 9.84 Å². The van der Waals surface area contributed by atoms with Crippen molar-refractivity contribution in [3.63, 3.8) is 0 Å². The quantitative estimate of drug-likeness (QED) is 0.629. The number of rotatable bonds is 4. The predicted molar refractivity (Wildman–Crippen MR) is 62.8 cm³/mol. The molecule has 0 saturated heterocycles. The molecule has 1 aromatic carbocycles. The van der Waals surface area contributed by atoms with E-state index in [1.807, 2.05) is 12.1 Å². The number of hydrogen-bond donors (Lipinski definition) is 1. The van der Waals surface area contributed by atoms with Gasteiger partial charge in [0.25, 0.3) is 0 Å². The summed E-state index contributed by atoms with van der Waals surface area (Å²) in [6, 6.07) is 3.75. The van der Waals surface area contributed by atoms with Crippen LogP contribution in [-0.4, -0.2) is 11.1 Å². The van der Waals surface area contributed by atoms with Crippen molar-refractivity contribution in [2.24, 2.45) is 0 Å². The SMILES string of the molecule is CCCCc1ccc(C)c(O)c1OC(C)=O. The number of aromatic hydroxyl groups is 1. The number of carbonyl (C=O) groups is 1. The molecule has 0 fully saturated rings. The van der Waals surface area contributed by atoms with Gasteiger partial charge in [0, 0.05) is 6.92 Å². The Morgan fingerprint density at radius 2 is 2.12 bits per heavy atom. The van der Waals surface area contributed by atoms with Gasteiger partial charge in [-0.25, -0.2) is 0 Å². The van der Waals surface area contributed by atoms with Crippen LogP contribution >= 0.6 is 0 Å². The van der Waals surface area contributed by atoms with Crippen LogP contribution in [0, 0.1) is 6.92 Å². The third-order valence-electron chi connectivity index (χ3n) is 2.46. The average Bonchev–Trinajstić information content (AvgIpc) is 2.23. The van der Waals surface area contributed by atoms with Crippen LogP contribution in [0.15, 0.2) is 12.1 Å². The first kappa shape index (κ1) is 12.6. The summed E-state index contributed by atoms with van der Waals surface area (Å²) < 4.78 is 5.07. The van der Waals surface area contributed by atoms with Gasteiger partial charge >= 0.3 is 5.97 Å². The molecule has 0 aliphatic heterocycles. The van der Waals surface area contributed by atoms with Crippen LogP contribution in [0.2, 0.25) is 0 Å².